The monoisotopic (exact) mass is 323 g/mol. The van der Waals surface area contributed by atoms with Crippen LogP contribution >= 0.6 is 15.9 Å². The number of nitrogens with zero attached hydrogens (tertiary/aromatic N) is 2. The van der Waals surface area contributed by atoms with Gasteiger partial charge < -0.3 is 5.32 Å². The molecule has 6 heteroatoms. The van der Waals surface area contributed by atoms with Gasteiger partial charge in [-0.3, -0.25) is 0 Å². The van der Waals surface area contributed by atoms with Crippen molar-refractivity contribution in [2.24, 2.45) is 0 Å². The molecule has 0 aliphatic rings. The predicted molar refractivity (Wildman–Crippen MR) is 70.3 cm³/mol. The Kier molecular flexibility index (Phi) is 4.07. The zero-order chi connectivity index (χ0) is 13.8. The Morgan fingerprint density at radius 1 is 1.32 bits per heavy atom. The van der Waals surface area contributed by atoms with Gasteiger partial charge in [-0.2, -0.15) is 5.26 Å². The van der Waals surface area contributed by atoms with Crippen LogP contribution in [0.4, 0.5) is 14.5 Å². The second kappa shape index (κ2) is 5.76. The highest BCUT2D eigenvalue weighted by molar-refractivity contribution is 9.10. The molecule has 0 aliphatic carbocycles. The van der Waals surface area contributed by atoms with Crippen molar-refractivity contribution in [2.45, 2.75) is 6.54 Å². The summed E-state index contributed by atoms with van der Waals surface area (Å²) in [6.07, 6.45) is 1.49. The van der Waals surface area contributed by atoms with Crippen molar-refractivity contribution >= 4 is 21.6 Å². The van der Waals surface area contributed by atoms with Gasteiger partial charge in [0.2, 0.25) is 0 Å². The van der Waals surface area contributed by atoms with Gasteiger partial charge in [-0.1, -0.05) is 22.0 Å². The molecule has 0 unspecified atom stereocenters. The predicted octanol–water partition coefficient (Wildman–Crippen LogP) is 3.61. The van der Waals surface area contributed by atoms with Crippen LogP contribution in [-0.2, 0) is 6.54 Å². The van der Waals surface area contributed by atoms with Crippen molar-refractivity contribution in [3.63, 3.8) is 0 Å². The average Bonchev–Trinajstić information content (AvgIpc) is 2.38. The van der Waals surface area contributed by atoms with Gasteiger partial charge in [-0.25, -0.2) is 13.8 Å². The molecule has 1 aromatic heterocycles. The van der Waals surface area contributed by atoms with E-state index in [4.69, 9.17) is 5.26 Å². The summed E-state index contributed by atoms with van der Waals surface area (Å²) in [6, 6.07) is 7.59. The van der Waals surface area contributed by atoms with E-state index in [1.807, 2.05) is 6.07 Å². The zero-order valence-electron chi connectivity index (χ0n) is 9.62. The Morgan fingerprint density at radius 3 is 2.63 bits per heavy atom. The summed E-state index contributed by atoms with van der Waals surface area (Å²) >= 11 is 3.01. The topological polar surface area (TPSA) is 48.7 Å². The van der Waals surface area contributed by atoms with Crippen molar-refractivity contribution in [1.29, 1.82) is 5.26 Å². The van der Waals surface area contributed by atoms with E-state index in [-0.39, 0.29) is 17.9 Å². The number of nitriles is 1. The quantitative estimate of drug-likeness (QED) is 0.938. The second-order valence-electron chi connectivity index (χ2n) is 3.72. The van der Waals surface area contributed by atoms with E-state index in [2.05, 4.69) is 26.2 Å². The van der Waals surface area contributed by atoms with Crippen LogP contribution in [0.2, 0.25) is 0 Å². The summed E-state index contributed by atoms with van der Waals surface area (Å²) in [4.78, 5) is 3.87. The minimum atomic E-state index is -0.700. The fourth-order valence-corrected chi connectivity index (χ4v) is 1.98. The molecule has 96 valence electrons. The molecular formula is C13H8BrF2N3. The average molecular weight is 324 g/mol. The molecule has 0 radical (unpaired) electrons. The maximum absolute atomic E-state index is 13.6. The number of hydrogen-bond acceptors (Lipinski definition) is 3. The van der Waals surface area contributed by atoms with E-state index in [1.54, 1.807) is 12.1 Å². The van der Waals surface area contributed by atoms with E-state index in [0.717, 1.165) is 0 Å². The Morgan fingerprint density at radius 2 is 2.00 bits per heavy atom. The first-order chi connectivity index (χ1) is 9.11. The molecule has 1 aromatic carbocycles. The lowest BCUT2D eigenvalue weighted by molar-refractivity contribution is 0.586. The Bertz CT molecular complexity index is 630. The smallest absolute Gasteiger partial charge is 0.150 e. The van der Waals surface area contributed by atoms with Gasteiger partial charge in [0.05, 0.1) is 0 Å². The minimum Gasteiger partial charge on any atom is -0.376 e. The summed E-state index contributed by atoms with van der Waals surface area (Å²) in [6.45, 7) is 0.117. The molecule has 0 atom stereocenters. The Hall–Kier alpha value is -2.00. The first-order valence-corrected chi connectivity index (χ1v) is 6.13. The van der Waals surface area contributed by atoms with Gasteiger partial charge in [0, 0.05) is 22.8 Å². The highest BCUT2D eigenvalue weighted by Crippen LogP contribution is 2.24. The molecule has 0 spiro atoms. The van der Waals surface area contributed by atoms with Crippen LogP contribution in [0.3, 0.4) is 0 Å². The molecule has 1 heterocycles. The van der Waals surface area contributed by atoms with E-state index >= 15 is 0 Å². The highest BCUT2D eigenvalue weighted by Gasteiger charge is 2.11. The molecule has 2 rings (SSSR count). The fraction of sp³-hybridized carbons (Fsp3) is 0.0769. The zero-order valence-corrected chi connectivity index (χ0v) is 11.2. The minimum absolute atomic E-state index is 0.117. The van der Waals surface area contributed by atoms with Crippen LogP contribution in [0.1, 0.15) is 11.3 Å². The first kappa shape index (κ1) is 13.4. The standard InChI is InChI=1S/C13H8BrF2N3/c14-9-4-10(15)13(11(16)5-9)19-7-8-2-1-3-18-12(8)6-17/h1-5,19H,7H2. The van der Waals surface area contributed by atoms with Gasteiger partial charge in [0.1, 0.15) is 29.1 Å². The summed E-state index contributed by atoms with van der Waals surface area (Å²) in [5, 5.41) is 11.5. The van der Waals surface area contributed by atoms with E-state index < -0.39 is 11.6 Å². The molecule has 2 aromatic rings. The van der Waals surface area contributed by atoms with Crippen molar-refractivity contribution in [2.75, 3.05) is 5.32 Å². The van der Waals surface area contributed by atoms with Crippen LogP contribution < -0.4 is 5.32 Å². The first-order valence-electron chi connectivity index (χ1n) is 5.34. The van der Waals surface area contributed by atoms with E-state index in [0.29, 0.717) is 10.0 Å². The number of benzene rings is 1. The number of nitrogens with one attached hydrogen (secondary N) is 1. The van der Waals surface area contributed by atoms with Gasteiger partial charge in [-0.15, -0.1) is 0 Å². The van der Waals surface area contributed by atoms with Gasteiger partial charge in [-0.05, 0) is 18.2 Å². The van der Waals surface area contributed by atoms with Crippen molar-refractivity contribution < 1.29 is 8.78 Å². The molecule has 0 aliphatic heterocycles. The van der Waals surface area contributed by atoms with Crippen LogP contribution in [0.5, 0.6) is 0 Å². The molecule has 0 saturated heterocycles. The maximum atomic E-state index is 13.6. The Balaban J connectivity index is 2.22. The number of pyridine rings is 1. The molecular weight excluding hydrogens is 316 g/mol. The third-order valence-electron chi connectivity index (χ3n) is 2.46. The number of anilines is 1. The third-order valence-corrected chi connectivity index (χ3v) is 2.92. The fourth-order valence-electron chi connectivity index (χ4n) is 1.58. The summed E-state index contributed by atoms with van der Waals surface area (Å²) in [5.41, 5.74) is 0.579. The number of rotatable bonds is 3. The number of aromatic nitrogens is 1. The van der Waals surface area contributed by atoms with Gasteiger partial charge >= 0.3 is 0 Å². The maximum Gasteiger partial charge on any atom is 0.150 e. The summed E-state index contributed by atoms with van der Waals surface area (Å²) < 4.78 is 27.5. The summed E-state index contributed by atoms with van der Waals surface area (Å²) in [7, 11) is 0. The van der Waals surface area contributed by atoms with Crippen molar-refractivity contribution in [3.8, 4) is 6.07 Å². The highest BCUT2D eigenvalue weighted by atomic mass is 79.9. The second-order valence-corrected chi connectivity index (χ2v) is 4.64. The molecule has 19 heavy (non-hydrogen) atoms. The molecule has 1 N–H and O–H groups in total. The van der Waals surface area contributed by atoms with Crippen molar-refractivity contribution in [1.82, 2.24) is 4.98 Å². The number of halogens is 3. The molecule has 0 bridgehead atoms. The van der Waals surface area contributed by atoms with Crippen LogP contribution in [0.25, 0.3) is 0 Å². The number of hydrogen-bond donors (Lipinski definition) is 1. The molecule has 0 saturated carbocycles. The van der Waals surface area contributed by atoms with E-state index in [9.17, 15) is 8.78 Å². The van der Waals surface area contributed by atoms with Crippen molar-refractivity contribution in [3.05, 3.63) is 57.8 Å². The summed E-state index contributed by atoms with van der Waals surface area (Å²) in [5.74, 6) is -1.40. The Labute approximate surface area is 117 Å². The van der Waals surface area contributed by atoms with Crippen LogP contribution in [0, 0.1) is 23.0 Å². The normalized spacial score (nSPS) is 10.0. The third kappa shape index (κ3) is 3.06. The molecule has 0 amide bonds. The van der Waals surface area contributed by atoms with Crippen LogP contribution in [-0.4, -0.2) is 4.98 Å². The molecule has 3 nitrogen and oxygen atoms in total. The lowest BCUT2D eigenvalue weighted by atomic mass is 10.2. The largest absolute Gasteiger partial charge is 0.376 e. The van der Waals surface area contributed by atoms with Gasteiger partial charge in [0.25, 0.3) is 0 Å². The molecule has 0 fully saturated rings. The van der Waals surface area contributed by atoms with Gasteiger partial charge in [0.15, 0.2) is 0 Å². The van der Waals surface area contributed by atoms with E-state index in [1.165, 1.54) is 18.3 Å². The van der Waals surface area contributed by atoms with Crippen LogP contribution in [0.15, 0.2) is 34.9 Å². The lowest BCUT2D eigenvalue weighted by Gasteiger charge is -2.09. The lowest BCUT2D eigenvalue weighted by Crippen LogP contribution is -2.06. The SMILES string of the molecule is N#Cc1ncccc1CNc1c(F)cc(Br)cc1F.